The monoisotopic (exact) mass is 396 g/mol. The van der Waals surface area contributed by atoms with Crippen molar-refractivity contribution in [2.24, 2.45) is 11.8 Å². The lowest BCUT2D eigenvalue weighted by Crippen LogP contribution is -2.26. The molecular formula is C23H24O6. The predicted octanol–water partition coefficient (Wildman–Crippen LogP) is 4.10. The Morgan fingerprint density at radius 1 is 0.690 bits per heavy atom. The van der Waals surface area contributed by atoms with E-state index in [2.05, 4.69) is 0 Å². The van der Waals surface area contributed by atoms with E-state index in [0.717, 1.165) is 0 Å². The molecule has 0 fully saturated rings. The Bertz CT molecular complexity index is 844. The third-order valence-corrected chi connectivity index (χ3v) is 4.85. The van der Waals surface area contributed by atoms with Gasteiger partial charge in [-0.2, -0.15) is 0 Å². The van der Waals surface area contributed by atoms with Crippen molar-refractivity contribution in [3.63, 3.8) is 0 Å². The first-order valence-electron chi connectivity index (χ1n) is 9.53. The van der Waals surface area contributed by atoms with Crippen LogP contribution in [0.15, 0.2) is 60.7 Å². The van der Waals surface area contributed by atoms with Crippen LogP contribution in [0.5, 0.6) is 0 Å². The molecule has 0 spiro atoms. The molecule has 2 atom stereocenters. The van der Waals surface area contributed by atoms with Crippen LogP contribution in [0, 0.1) is 11.8 Å². The van der Waals surface area contributed by atoms with Crippen LogP contribution < -0.4 is 0 Å². The van der Waals surface area contributed by atoms with Crippen molar-refractivity contribution < 1.29 is 29.4 Å². The van der Waals surface area contributed by atoms with Gasteiger partial charge in [0.1, 0.15) is 5.92 Å². The van der Waals surface area contributed by atoms with Crippen LogP contribution in [0.2, 0.25) is 0 Å². The molecule has 152 valence electrons. The quantitative estimate of drug-likeness (QED) is 0.413. The number of carboxylic acids is 2. The molecule has 6 heteroatoms. The van der Waals surface area contributed by atoms with Gasteiger partial charge in [0.25, 0.3) is 0 Å². The van der Waals surface area contributed by atoms with Gasteiger partial charge in [-0.25, -0.2) is 0 Å². The first-order valence-corrected chi connectivity index (χ1v) is 9.53. The van der Waals surface area contributed by atoms with Crippen LogP contribution >= 0.6 is 0 Å². The largest absolute Gasteiger partial charge is 0.481 e. The minimum absolute atomic E-state index is 0.0133. The molecule has 29 heavy (non-hydrogen) atoms. The lowest BCUT2D eigenvalue weighted by atomic mass is 9.84. The number of hydrogen-bond donors (Lipinski definition) is 2. The molecule has 0 aliphatic rings. The van der Waals surface area contributed by atoms with Crippen molar-refractivity contribution >= 4 is 23.5 Å². The number of rotatable bonds is 12. The molecule has 0 aromatic heterocycles. The fourth-order valence-electron chi connectivity index (χ4n) is 3.28. The van der Waals surface area contributed by atoms with Crippen LogP contribution in [-0.4, -0.2) is 33.7 Å². The molecule has 2 rings (SSSR count). The number of ketones is 2. The van der Waals surface area contributed by atoms with Crippen molar-refractivity contribution in [1.82, 2.24) is 0 Å². The standard InChI is InChI=1S/C23H24O6/c24-20(25)13-7-12-18(21(26)16-8-3-1-4-9-16)14-15-19(23(28)29)22(27)17-10-5-2-6-11-17/h1-6,8-11,18-19H,7,12-15H2,(H,24,25)(H,28,29). The van der Waals surface area contributed by atoms with E-state index < -0.39 is 29.6 Å². The topological polar surface area (TPSA) is 109 Å². The second-order valence-corrected chi connectivity index (χ2v) is 6.91. The lowest BCUT2D eigenvalue weighted by molar-refractivity contribution is -0.140. The maximum absolute atomic E-state index is 12.9. The molecule has 0 saturated heterocycles. The fraction of sp³-hybridized carbons (Fsp3) is 0.304. The summed E-state index contributed by atoms with van der Waals surface area (Å²) in [7, 11) is 0. The Hall–Kier alpha value is -3.28. The highest BCUT2D eigenvalue weighted by molar-refractivity contribution is 6.08. The van der Waals surface area contributed by atoms with E-state index in [1.807, 2.05) is 0 Å². The van der Waals surface area contributed by atoms with Gasteiger partial charge in [0.2, 0.25) is 0 Å². The summed E-state index contributed by atoms with van der Waals surface area (Å²) in [6.45, 7) is 0. The van der Waals surface area contributed by atoms with E-state index in [0.29, 0.717) is 24.0 Å². The fourth-order valence-corrected chi connectivity index (χ4v) is 3.28. The van der Waals surface area contributed by atoms with Crippen LogP contribution in [0.1, 0.15) is 52.8 Å². The van der Waals surface area contributed by atoms with Crippen LogP contribution in [0.3, 0.4) is 0 Å². The molecule has 0 saturated carbocycles. The van der Waals surface area contributed by atoms with Gasteiger partial charge >= 0.3 is 11.9 Å². The molecule has 0 aliphatic carbocycles. The molecule has 0 bridgehead atoms. The zero-order chi connectivity index (χ0) is 21.2. The minimum atomic E-state index is -1.25. The number of carbonyl (C=O) groups is 4. The number of hydrogen-bond acceptors (Lipinski definition) is 4. The molecule has 2 N–H and O–H groups in total. The van der Waals surface area contributed by atoms with E-state index in [4.69, 9.17) is 5.11 Å². The average molecular weight is 396 g/mol. The molecule has 0 heterocycles. The highest BCUT2D eigenvalue weighted by atomic mass is 16.4. The van der Waals surface area contributed by atoms with Crippen LogP contribution in [-0.2, 0) is 9.59 Å². The summed E-state index contributed by atoms with van der Waals surface area (Å²) < 4.78 is 0. The smallest absolute Gasteiger partial charge is 0.314 e. The van der Waals surface area contributed by atoms with E-state index in [1.54, 1.807) is 60.7 Å². The van der Waals surface area contributed by atoms with E-state index in [9.17, 15) is 24.3 Å². The summed E-state index contributed by atoms with van der Waals surface area (Å²) in [4.78, 5) is 48.0. The summed E-state index contributed by atoms with van der Waals surface area (Å²) in [6.07, 6.45) is 0.779. The van der Waals surface area contributed by atoms with Gasteiger partial charge in [-0.05, 0) is 25.7 Å². The summed E-state index contributed by atoms with van der Waals surface area (Å²) in [6, 6.07) is 16.8. The van der Waals surface area contributed by atoms with Gasteiger partial charge in [-0.15, -0.1) is 0 Å². The molecule has 0 amide bonds. The number of carbonyl (C=O) groups excluding carboxylic acids is 2. The summed E-state index contributed by atoms with van der Waals surface area (Å²) in [5.74, 6) is -4.61. The number of aliphatic carboxylic acids is 2. The van der Waals surface area contributed by atoms with E-state index in [-0.39, 0.29) is 25.0 Å². The van der Waals surface area contributed by atoms with Gasteiger partial charge < -0.3 is 10.2 Å². The average Bonchev–Trinajstić information content (AvgIpc) is 2.72. The highest BCUT2D eigenvalue weighted by Crippen LogP contribution is 2.25. The Morgan fingerprint density at radius 3 is 1.69 bits per heavy atom. The molecule has 2 aromatic rings. The third-order valence-electron chi connectivity index (χ3n) is 4.85. The van der Waals surface area contributed by atoms with Crippen molar-refractivity contribution in [3.8, 4) is 0 Å². The Labute approximate surface area is 169 Å². The second-order valence-electron chi connectivity index (χ2n) is 6.91. The maximum Gasteiger partial charge on any atom is 0.314 e. The van der Waals surface area contributed by atoms with Crippen molar-refractivity contribution in [2.75, 3.05) is 0 Å². The van der Waals surface area contributed by atoms with Crippen molar-refractivity contribution in [1.29, 1.82) is 0 Å². The van der Waals surface area contributed by atoms with Crippen molar-refractivity contribution in [3.05, 3.63) is 71.8 Å². The zero-order valence-corrected chi connectivity index (χ0v) is 16.0. The first kappa shape index (κ1) is 22.0. The van der Waals surface area contributed by atoms with Crippen molar-refractivity contribution in [2.45, 2.75) is 32.1 Å². The summed E-state index contributed by atoms with van der Waals surface area (Å²) in [5.41, 5.74) is 0.811. The van der Waals surface area contributed by atoms with E-state index >= 15 is 0 Å². The second kappa shape index (κ2) is 10.9. The normalized spacial score (nSPS) is 12.7. The van der Waals surface area contributed by atoms with Gasteiger partial charge in [0.15, 0.2) is 11.6 Å². The minimum Gasteiger partial charge on any atom is -0.481 e. The number of carboxylic acid groups (broad SMARTS) is 2. The zero-order valence-electron chi connectivity index (χ0n) is 16.0. The maximum atomic E-state index is 12.9. The van der Waals surface area contributed by atoms with Gasteiger partial charge in [0, 0.05) is 23.5 Å². The molecule has 2 aromatic carbocycles. The summed E-state index contributed by atoms with van der Waals surface area (Å²) in [5, 5.41) is 18.4. The Kier molecular flexibility index (Phi) is 8.27. The lowest BCUT2D eigenvalue weighted by Gasteiger charge is -2.18. The molecule has 2 unspecified atom stereocenters. The van der Waals surface area contributed by atoms with Crippen LogP contribution in [0.4, 0.5) is 0 Å². The molecular weight excluding hydrogens is 372 g/mol. The molecule has 0 aliphatic heterocycles. The number of Topliss-reactive ketones (excluding diaryl/α,β-unsaturated/α-hetero) is 2. The van der Waals surface area contributed by atoms with Gasteiger partial charge in [-0.1, -0.05) is 60.7 Å². The number of benzene rings is 2. The molecule has 6 nitrogen and oxygen atoms in total. The first-order chi connectivity index (χ1) is 13.9. The highest BCUT2D eigenvalue weighted by Gasteiger charge is 2.29. The Balaban J connectivity index is 2.13. The predicted molar refractivity (Wildman–Crippen MR) is 107 cm³/mol. The Morgan fingerprint density at radius 2 is 1.21 bits per heavy atom. The van der Waals surface area contributed by atoms with Gasteiger partial charge in [0.05, 0.1) is 0 Å². The van der Waals surface area contributed by atoms with Gasteiger partial charge in [-0.3, -0.25) is 19.2 Å². The molecule has 0 radical (unpaired) electrons. The SMILES string of the molecule is O=C(O)CCCC(CCC(C(=O)O)C(=O)c1ccccc1)C(=O)c1ccccc1. The van der Waals surface area contributed by atoms with E-state index in [1.165, 1.54) is 0 Å². The summed E-state index contributed by atoms with van der Waals surface area (Å²) >= 11 is 0. The van der Waals surface area contributed by atoms with Crippen LogP contribution in [0.25, 0.3) is 0 Å². The third kappa shape index (κ3) is 6.68.